The van der Waals surface area contributed by atoms with Crippen LogP contribution in [0.1, 0.15) is 48.1 Å². The summed E-state index contributed by atoms with van der Waals surface area (Å²) < 4.78 is 39.1. The lowest BCUT2D eigenvalue weighted by Crippen LogP contribution is -2.17. The Morgan fingerprint density at radius 1 is 0.909 bits per heavy atom. The van der Waals surface area contributed by atoms with Crippen molar-refractivity contribution in [2.45, 2.75) is 32.0 Å². The maximum atomic E-state index is 13.0. The normalized spacial score (nSPS) is 14.6. The van der Waals surface area contributed by atoms with E-state index in [0.717, 1.165) is 17.2 Å². The zero-order valence-electron chi connectivity index (χ0n) is 12.9. The van der Waals surface area contributed by atoms with Gasteiger partial charge in [-0.05, 0) is 42.8 Å². The van der Waals surface area contributed by atoms with Crippen LogP contribution >= 0.6 is 0 Å². The lowest BCUT2D eigenvalue weighted by molar-refractivity contribution is -0.137. The van der Waals surface area contributed by atoms with Crippen molar-refractivity contribution in [3.63, 3.8) is 0 Å². The Bertz CT molecular complexity index is 620. The fourth-order valence-corrected chi connectivity index (χ4v) is 2.60. The maximum Gasteiger partial charge on any atom is 0.416 e. The fourth-order valence-electron chi connectivity index (χ4n) is 2.60. The minimum absolute atomic E-state index is 0.0107. The highest BCUT2D eigenvalue weighted by atomic mass is 19.4. The van der Waals surface area contributed by atoms with Gasteiger partial charge in [-0.1, -0.05) is 43.3 Å². The molecule has 0 spiro atoms. The van der Waals surface area contributed by atoms with Gasteiger partial charge in [0, 0.05) is 12.0 Å². The monoisotopic (exact) mass is 307 g/mol. The second kappa shape index (κ2) is 6.53. The van der Waals surface area contributed by atoms with Gasteiger partial charge in [0.2, 0.25) is 0 Å². The summed E-state index contributed by atoms with van der Waals surface area (Å²) in [6.45, 7) is 3.89. The molecule has 0 radical (unpaired) electrons. The molecule has 0 aliphatic carbocycles. The Hall–Kier alpha value is -1.81. The number of alkyl halides is 3. The van der Waals surface area contributed by atoms with E-state index in [1.165, 1.54) is 6.07 Å². The van der Waals surface area contributed by atoms with Gasteiger partial charge in [-0.15, -0.1) is 0 Å². The number of halogens is 3. The lowest BCUT2D eigenvalue weighted by Gasteiger charge is -2.22. The first-order chi connectivity index (χ1) is 10.3. The SMILES string of the molecule is CNC(C)c1ccc(C(F)(F)F)cc1C(C)c1ccccc1. The molecule has 118 valence electrons. The quantitative estimate of drug-likeness (QED) is 0.825. The van der Waals surface area contributed by atoms with Crippen LogP contribution in [0.4, 0.5) is 13.2 Å². The van der Waals surface area contributed by atoms with Crippen molar-refractivity contribution in [2.24, 2.45) is 0 Å². The molecule has 22 heavy (non-hydrogen) atoms. The standard InChI is InChI=1S/C18H20F3N/c1-12(14-7-5-4-6-8-14)17-11-15(18(19,20)21)9-10-16(17)13(2)22-3/h4-13,22H,1-3H3. The number of rotatable bonds is 4. The van der Waals surface area contributed by atoms with Crippen LogP contribution in [0.15, 0.2) is 48.5 Å². The zero-order valence-corrected chi connectivity index (χ0v) is 12.9. The zero-order chi connectivity index (χ0) is 16.3. The van der Waals surface area contributed by atoms with Gasteiger partial charge in [-0.3, -0.25) is 0 Å². The van der Waals surface area contributed by atoms with Gasteiger partial charge in [0.05, 0.1) is 5.56 Å². The number of benzene rings is 2. The molecule has 0 saturated heterocycles. The smallest absolute Gasteiger partial charge is 0.313 e. The van der Waals surface area contributed by atoms with E-state index < -0.39 is 11.7 Å². The lowest BCUT2D eigenvalue weighted by atomic mass is 9.86. The van der Waals surface area contributed by atoms with Crippen LogP contribution in [0, 0.1) is 0 Å². The van der Waals surface area contributed by atoms with Crippen LogP contribution in [-0.4, -0.2) is 7.05 Å². The molecule has 2 atom stereocenters. The third-order valence-electron chi connectivity index (χ3n) is 4.08. The molecule has 0 aliphatic heterocycles. The summed E-state index contributed by atoms with van der Waals surface area (Å²) in [5, 5.41) is 3.10. The van der Waals surface area contributed by atoms with E-state index in [0.29, 0.717) is 5.56 Å². The van der Waals surface area contributed by atoms with E-state index >= 15 is 0 Å². The van der Waals surface area contributed by atoms with Crippen LogP contribution in [0.5, 0.6) is 0 Å². The summed E-state index contributed by atoms with van der Waals surface area (Å²) in [5.41, 5.74) is 2.01. The molecule has 2 aromatic carbocycles. The van der Waals surface area contributed by atoms with Gasteiger partial charge >= 0.3 is 6.18 Å². The van der Waals surface area contributed by atoms with Gasteiger partial charge in [0.1, 0.15) is 0 Å². The van der Waals surface area contributed by atoms with Crippen molar-refractivity contribution in [3.8, 4) is 0 Å². The Kier molecular flexibility index (Phi) is 4.91. The second-order valence-corrected chi connectivity index (χ2v) is 5.48. The first-order valence-corrected chi connectivity index (χ1v) is 7.28. The predicted octanol–water partition coefficient (Wildman–Crippen LogP) is 5.14. The molecule has 4 heteroatoms. The van der Waals surface area contributed by atoms with Crippen LogP contribution in [-0.2, 0) is 6.18 Å². The van der Waals surface area contributed by atoms with E-state index in [4.69, 9.17) is 0 Å². The highest BCUT2D eigenvalue weighted by Crippen LogP contribution is 2.36. The largest absolute Gasteiger partial charge is 0.416 e. The van der Waals surface area contributed by atoms with E-state index in [1.807, 2.05) is 44.2 Å². The number of nitrogens with one attached hydrogen (secondary N) is 1. The fraction of sp³-hybridized carbons (Fsp3) is 0.333. The number of hydrogen-bond donors (Lipinski definition) is 1. The van der Waals surface area contributed by atoms with Gasteiger partial charge in [-0.25, -0.2) is 0 Å². The topological polar surface area (TPSA) is 12.0 Å². The Morgan fingerprint density at radius 2 is 1.55 bits per heavy atom. The van der Waals surface area contributed by atoms with Crippen LogP contribution in [0.2, 0.25) is 0 Å². The van der Waals surface area contributed by atoms with E-state index in [2.05, 4.69) is 5.32 Å². The minimum atomic E-state index is -4.33. The van der Waals surface area contributed by atoms with Crippen molar-refractivity contribution in [1.29, 1.82) is 0 Å². The van der Waals surface area contributed by atoms with Gasteiger partial charge in [0.15, 0.2) is 0 Å². The van der Waals surface area contributed by atoms with Crippen LogP contribution in [0.3, 0.4) is 0 Å². The third kappa shape index (κ3) is 3.50. The van der Waals surface area contributed by atoms with Gasteiger partial charge in [0.25, 0.3) is 0 Å². The van der Waals surface area contributed by atoms with Crippen molar-refractivity contribution in [2.75, 3.05) is 7.05 Å². The third-order valence-corrected chi connectivity index (χ3v) is 4.08. The first kappa shape index (κ1) is 16.6. The molecule has 2 rings (SSSR count). The second-order valence-electron chi connectivity index (χ2n) is 5.48. The summed E-state index contributed by atoms with van der Waals surface area (Å²) in [5.74, 6) is -0.103. The molecule has 1 nitrogen and oxygen atoms in total. The Morgan fingerprint density at radius 3 is 2.09 bits per heavy atom. The molecule has 0 heterocycles. The van der Waals surface area contributed by atoms with Crippen LogP contribution < -0.4 is 5.32 Å². The van der Waals surface area contributed by atoms with Crippen molar-refractivity contribution in [1.82, 2.24) is 5.32 Å². The average Bonchev–Trinajstić information content (AvgIpc) is 2.52. The summed E-state index contributed by atoms with van der Waals surface area (Å²) in [6.07, 6.45) is -4.33. The molecule has 0 fully saturated rings. The molecule has 0 bridgehead atoms. The first-order valence-electron chi connectivity index (χ1n) is 7.28. The molecule has 0 amide bonds. The minimum Gasteiger partial charge on any atom is -0.313 e. The van der Waals surface area contributed by atoms with Crippen LogP contribution in [0.25, 0.3) is 0 Å². The summed E-state index contributed by atoms with van der Waals surface area (Å²) in [4.78, 5) is 0. The van der Waals surface area contributed by atoms with E-state index in [1.54, 1.807) is 13.1 Å². The Balaban J connectivity index is 2.54. The van der Waals surface area contributed by atoms with Gasteiger partial charge < -0.3 is 5.32 Å². The molecule has 1 N–H and O–H groups in total. The van der Waals surface area contributed by atoms with Crippen molar-refractivity contribution in [3.05, 3.63) is 70.8 Å². The van der Waals surface area contributed by atoms with Crippen molar-refractivity contribution >= 4 is 0 Å². The number of hydrogen-bond acceptors (Lipinski definition) is 1. The molecular weight excluding hydrogens is 287 g/mol. The average molecular weight is 307 g/mol. The highest BCUT2D eigenvalue weighted by Gasteiger charge is 2.32. The summed E-state index contributed by atoms with van der Waals surface area (Å²) >= 11 is 0. The molecule has 2 unspecified atom stereocenters. The Labute approximate surface area is 129 Å². The summed E-state index contributed by atoms with van der Waals surface area (Å²) in [6, 6.07) is 13.6. The van der Waals surface area contributed by atoms with E-state index in [-0.39, 0.29) is 12.0 Å². The van der Waals surface area contributed by atoms with Crippen molar-refractivity contribution < 1.29 is 13.2 Å². The molecule has 0 aromatic heterocycles. The van der Waals surface area contributed by atoms with Gasteiger partial charge in [-0.2, -0.15) is 13.2 Å². The highest BCUT2D eigenvalue weighted by molar-refractivity contribution is 5.42. The molecule has 0 aliphatic rings. The molecule has 0 saturated carbocycles. The maximum absolute atomic E-state index is 13.0. The molecule has 2 aromatic rings. The predicted molar refractivity (Wildman–Crippen MR) is 82.9 cm³/mol. The van der Waals surface area contributed by atoms with E-state index in [9.17, 15) is 13.2 Å². The summed E-state index contributed by atoms with van der Waals surface area (Å²) in [7, 11) is 1.80. The molecular formula is C18H20F3N.